The number of benzene rings is 1. The first-order chi connectivity index (χ1) is 9.73. The normalized spacial score (nSPS) is 15.0. The molecule has 3 heteroatoms. The third-order valence-corrected chi connectivity index (χ3v) is 4.14. The quantitative estimate of drug-likeness (QED) is 0.602. The molecule has 0 spiro atoms. The summed E-state index contributed by atoms with van der Waals surface area (Å²) in [5.74, 6) is 0.645. The highest BCUT2D eigenvalue weighted by Gasteiger charge is 2.21. The summed E-state index contributed by atoms with van der Waals surface area (Å²) in [5.41, 5.74) is 1.52. The van der Waals surface area contributed by atoms with Crippen LogP contribution in [-0.2, 0) is 0 Å². The summed E-state index contributed by atoms with van der Waals surface area (Å²) in [4.78, 5) is 0. The summed E-state index contributed by atoms with van der Waals surface area (Å²) in [7, 11) is 0. The molecule has 1 N–H and O–H groups in total. The van der Waals surface area contributed by atoms with E-state index in [-0.39, 0.29) is 0 Å². The Morgan fingerprint density at radius 1 is 1.19 bits per heavy atom. The van der Waals surface area contributed by atoms with Gasteiger partial charge in [-0.15, -0.1) is 0 Å². The Hall–Kier alpha value is -0.240. The van der Waals surface area contributed by atoms with Gasteiger partial charge in [0.1, 0.15) is 0 Å². The Morgan fingerprint density at radius 3 is 2.38 bits per heavy atom. The van der Waals surface area contributed by atoms with Crippen LogP contribution in [-0.4, -0.2) is 6.54 Å². The minimum Gasteiger partial charge on any atom is -0.310 e. The third-order valence-electron chi connectivity index (χ3n) is 3.58. The van der Waals surface area contributed by atoms with Gasteiger partial charge < -0.3 is 5.32 Å². The zero-order valence-electron chi connectivity index (χ0n) is 14.0. The molecule has 0 saturated heterocycles. The first-order valence-corrected chi connectivity index (χ1v) is 8.67. The van der Waals surface area contributed by atoms with Gasteiger partial charge in [0, 0.05) is 16.1 Å². The van der Waals surface area contributed by atoms with E-state index >= 15 is 0 Å². The van der Waals surface area contributed by atoms with Crippen molar-refractivity contribution < 1.29 is 0 Å². The predicted molar refractivity (Wildman–Crippen MR) is 95.3 cm³/mol. The molecule has 2 unspecified atom stereocenters. The molecule has 1 nitrogen and oxygen atoms in total. The standard InChI is InChI=1S/C18H29Cl2N/c1-6-9-21-17(10-13(2)12-18(3,4)5)15-8-7-14(19)11-16(15)20/h7-8,11,13,17,21H,6,9-10,12H2,1-5H3. The summed E-state index contributed by atoms with van der Waals surface area (Å²) in [6.45, 7) is 12.4. The summed E-state index contributed by atoms with van der Waals surface area (Å²) < 4.78 is 0. The molecule has 0 bridgehead atoms. The first kappa shape index (κ1) is 18.8. The van der Waals surface area contributed by atoms with E-state index in [0.29, 0.717) is 22.4 Å². The predicted octanol–water partition coefficient (Wildman–Crippen LogP) is 6.50. The second kappa shape index (κ2) is 8.41. The fraction of sp³-hybridized carbons (Fsp3) is 0.667. The van der Waals surface area contributed by atoms with E-state index in [1.807, 2.05) is 12.1 Å². The summed E-state index contributed by atoms with van der Waals surface area (Å²) in [6, 6.07) is 6.12. The van der Waals surface area contributed by atoms with Crippen LogP contribution >= 0.6 is 23.2 Å². The van der Waals surface area contributed by atoms with Gasteiger partial charge in [-0.25, -0.2) is 0 Å². The Kier molecular flexibility index (Phi) is 7.53. The second-order valence-electron chi connectivity index (χ2n) is 7.28. The van der Waals surface area contributed by atoms with Gasteiger partial charge in [-0.3, -0.25) is 0 Å². The number of halogens is 2. The van der Waals surface area contributed by atoms with Gasteiger partial charge in [-0.05, 0) is 54.8 Å². The molecular weight excluding hydrogens is 301 g/mol. The van der Waals surface area contributed by atoms with Crippen LogP contribution in [0.2, 0.25) is 10.0 Å². The van der Waals surface area contributed by atoms with Gasteiger partial charge in [-0.1, -0.05) is 63.9 Å². The molecule has 0 radical (unpaired) electrons. The Labute approximate surface area is 140 Å². The molecule has 0 fully saturated rings. The molecule has 0 heterocycles. The molecule has 0 amide bonds. The number of hydrogen-bond acceptors (Lipinski definition) is 1. The van der Waals surface area contributed by atoms with Gasteiger partial charge in [-0.2, -0.15) is 0 Å². The highest BCUT2D eigenvalue weighted by molar-refractivity contribution is 6.35. The van der Waals surface area contributed by atoms with E-state index in [1.54, 1.807) is 0 Å². The van der Waals surface area contributed by atoms with E-state index in [9.17, 15) is 0 Å². The van der Waals surface area contributed by atoms with Crippen LogP contribution in [0, 0.1) is 11.3 Å². The molecule has 0 aliphatic rings. The van der Waals surface area contributed by atoms with Crippen LogP contribution in [0.15, 0.2) is 18.2 Å². The van der Waals surface area contributed by atoms with Crippen molar-refractivity contribution >= 4 is 23.2 Å². The van der Waals surface area contributed by atoms with Crippen molar-refractivity contribution in [3.8, 4) is 0 Å². The van der Waals surface area contributed by atoms with Crippen molar-refractivity contribution in [2.24, 2.45) is 11.3 Å². The Bertz CT molecular complexity index is 437. The molecule has 21 heavy (non-hydrogen) atoms. The van der Waals surface area contributed by atoms with Gasteiger partial charge >= 0.3 is 0 Å². The van der Waals surface area contributed by atoms with E-state index in [2.05, 4.69) is 46.0 Å². The first-order valence-electron chi connectivity index (χ1n) is 7.91. The van der Waals surface area contributed by atoms with Crippen LogP contribution < -0.4 is 5.32 Å². The molecule has 1 aromatic carbocycles. The lowest BCUT2D eigenvalue weighted by molar-refractivity contribution is 0.276. The second-order valence-corrected chi connectivity index (χ2v) is 8.12. The summed E-state index contributed by atoms with van der Waals surface area (Å²) in [6.07, 6.45) is 3.43. The van der Waals surface area contributed by atoms with E-state index in [4.69, 9.17) is 23.2 Å². The zero-order valence-corrected chi connectivity index (χ0v) is 15.5. The molecule has 0 aliphatic heterocycles. The summed E-state index contributed by atoms with van der Waals surface area (Å²) >= 11 is 12.4. The lowest BCUT2D eigenvalue weighted by Gasteiger charge is -2.28. The fourth-order valence-electron chi connectivity index (χ4n) is 2.95. The molecular formula is C18H29Cl2N. The van der Waals surface area contributed by atoms with Crippen molar-refractivity contribution in [1.29, 1.82) is 0 Å². The van der Waals surface area contributed by atoms with Crippen LogP contribution in [0.5, 0.6) is 0 Å². The minimum absolute atomic E-state index is 0.298. The number of nitrogens with one attached hydrogen (secondary N) is 1. The Balaban J connectivity index is 2.84. The third kappa shape index (κ3) is 7.04. The van der Waals surface area contributed by atoms with E-state index < -0.39 is 0 Å². The number of rotatable bonds is 7. The summed E-state index contributed by atoms with van der Waals surface area (Å²) in [5, 5.41) is 5.09. The average Bonchev–Trinajstić information content (AvgIpc) is 2.32. The highest BCUT2D eigenvalue weighted by Crippen LogP contribution is 2.33. The molecule has 0 saturated carbocycles. The molecule has 0 aromatic heterocycles. The molecule has 1 aromatic rings. The maximum atomic E-state index is 6.40. The van der Waals surface area contributed by atoms with Crippen molar-refractivity contribution in [3.05, 3.63) is 33.8 Å². The van der Waals surface area contributed by atoms with E-state index in [0.717, 1.165) is 30.0 Å². The van der Waals surface area contributed by atoms with Crippen LogP contribution in [0.4, 0.5) is 0 Å². The molecule has 0 aliphatic carbocycles. The fourth-order valence-corrected chi connectivity index (χ4v) is 3.49. The topological polar surface area (TPSA) is 12.0 Å². The Morgan fingerprint density at radius 2 is 1.86 bits per heavy atom. The van der Waals surface area contributed by atoms with Crippen LogP contribution in [0.1, 0.15) is 65.5 Å². The van der Waals surface area contributed by atoms with Gasteiger partial charge in [0.15, 0.2) is 0 Å². The largest absolute Gasteiger partial charge is 0.310 e. The highest BCUT2D eigenvalue weighted by atomic mass is 35.5. The smallest absolute Gasteiger partial charge is 0.0468 e. The molecule has 2 atom stereocenters. The van der Waals surface area contributed by atoms with Crippen molar-refractivity contribution in [1.82, 2.24) is 5.32 Å². The SMILES string of the molecule is CCCNC(CC(C)CC(C)(C)C)c1ccc(Cl)cc1Cl. The zero-order chi connectivity index (χ0) is 16.0. The average molecular weight is 330 g/mol. The van der Waals surface area contributed by atoms with Crippen molar-refractivity contribution in [2.45, 2.75) is 59.9 Å². The maximum absolute atomic E-state index is 6.40. The van der Waals surface area contributed by atoms with Gasteiger partial charge in [0.2, 0.25) is 0 Å². The van der Waals surface area contributed by atoms with Crippen molar-refractivity contribution in [2.75, 3.05) is 6.54 Å². The van der Waals surface area contributed by atoms with Crippen molar-refractivity contribution in [3.63, 3.8) is 0 Å². The lowest BCUT2D eigenvalue weighted by Crippen LogP contribution is -2.25. The van der Waals surface area contributed by atoms with E-state index in [1.165, 1.54) is 6.42 Å². The lowest BCUT2D eigenvalue weighted by atomic mass is 9.82. The van der Waals surface area contributed by atoms with Crippen LogP contribution in [0.25, 0.3) is 0 Å². The maximum Gasteiger partial charge on any atom is 0.0468 e. The molecule has 1 rings (SSSR count). The van der Waals surface area contributed by atoms with Gasteiger partial charge in [0.05, 0.1) is 0 Å². The monoisotopic (exact) mass is 329 g/mol. The minimum atomic E-state index is 0.298. The van der Waals surface area contributed by atoms with Crippen LogP contribution in [0.3, 0.4) is 0 Å². The number of hydrogen-bond donors (Lipinski definition) is 1. The molecule has 120 valence electrons. The van der Waals surface area contributed by atoms with Gasteiger partial charge in [0.25, 0.3) is 0 Å².